The molecular weight excluding hydrogens is 416 g/mol. The quantitative estimate of drug-likeness (QED) is 0.561. The van der Waals surface area contributed by atoms with Gasteiger partial charge >= 0.3 is 0 Å². The molecule has 1 aliphatic rings. The topological polar surface area (TPSA) is 82.6 Å². The Balaban J connectivity index is 1.57. The Hall–Kier alpha value is -3.37. The van der Waals surface area contributed by atoms with Crippen molar-refractivity contribution < 1.29 is 14.1 Å². The van der Waals surface area contributed by atoms with Crippen LogP contribution in [-0.2, 0) is 6.61 Å². The summed E-state index contributed by atoms with van der Waals surface area (Å²) in [6.07, 6.45) is 0. The Morgan fingerprint density at radius 3 is 2.39 bits per heavy atom. The summed E-state index contributed by atoms with van der Waals surface area (Å²) in [6, 6.07) is 14.1. The second-order valence-corrected chi connectivity index (χ2v) is 8.93. The van der Waals surface area contributed by atoms with Crippen molar-refractivity contribution in [3.05, 3.63) is 59.0 Å². The van der Waals surface area contributed by atoms with Gasteiger partial charge in [0, 0.05) is 26.2 Å². The number of carbonyl (C=O) groups excluding carboxylic acids is 1. The lowest BCUT2D eigenvalue weighted by molar-refractivity contribution is 0.0573. The molecule has 0 saturated carbocycles. The van der Waals surface area contributed by atoms with Gasteiger partial charge < -0.3 is 14.2 Å². The first-order valence-electron chi connectivity index (χ1n) is 11.4. The normalized spacial score (nSPS) is 15.6. The average molecular weight is 447 g/mol. The average Bonchev–Trinajstić information content (AvgIpc) is 3.14. The number of piperazine rings is 1. The molecule has 172 valence electrons. The monoisotopic (exact) mass is 446 g/mol. The predicted molar refractivity (Wildman–Crippen MR) is 126 cm³/mol. The van der Waals surface area contributed by atoms with Gasteiger partial charge in [-0.15, -0.1) is 0 Å². The molecule has 4 rings (SSSR count). The molecule has 1 unspecified atom stereocenters. The van der Waals surface area contributed by atoms with Gasteiger partial charge in [-0.2, -0.15) is 5.26 Å². The molecule has 0 N–H and O–H groups in total. The minimum absolute atomic E-state index is 0.0489. The summed E-state index contributed by atoms with van der Waals surface area (Å²) in [7, 11) is 0. The van der Waals surface area contributed by atoms with Gasteiger partial charge in [0.15, 0.2) is 0 Å². The van der Waals surface area contributed by atoms with Crippen LogP contribution in [0.4, 0.5) is 0 Å². The van der Waals surface area contributed by atoms with Crippen molar-refractivity contribution in [3.8, 4) is 11.8 Å². The number of rotatable bonds is 6. The zero-order valence-corrected chi connectivity index (χ0v) is 19.7. The van der Waals surface area contributed by atoms with E-state index >= 15 is 0 Å². The molecule has 0 bridgehead atoms. The highest BCUT2D eigenvalue weighted by Gasteiger charge is 2.29. The first-order chi connectivity index (χ1) is 15.9. The number of fused-ring (bicyclic) bond motifs is 1. The predicted octanol–water partition coefficient (Wildman–Crippen LogP) is 4.33. The van der Waals surface area contributed by atoms with Crippen LogP contribution in [0.25, 0.3) is 10.8 Å². The van der Waals surface area contributed by atoms with Crippen molar-refractivity contribution >= 4 is 16.7 Å². The largest absolute Gasteiger partial charge is 0.488 e. The third-order valence-corrected chi connectivity index (χ3v) is 6.39. The van der Waals surface area contributed by atoms with E-state index in [1.807, 2.05) is 55.1 Å². The highest BCUT2D eigenvalue weighted by molar-refractivity contribution is 6.01. The number of nitriles is 1. The van der Waals surface area contributed by atoms with Crippen molar-refractivity contribution in [2.75, 3.05) is 26.2 Å². The highest BCUT2D eigenvalue weighted by atomic mass is 16.5. The van der Waals surface area contributed by atoms with E-state index in [-0.39, 0.29) is 24.5 Å². The maximum atomic E-state index is 13.6. The Morgan fingerprint density at radius 2 is 1.82 bits per heavy atom. The lowest BCUT2D eigenvalue weighted by atomic mass is 10.0. The molecule has 0 radical (unpaired) electrons. The number of carbonyl (C=O) groups is 1. The molecule has 0 aliphatic carbocycles. The van der Waals surface area contributed by atoms with Crippen LogP contribution in [0, 0.1) is 31.1 Å². The number of aryl methyl sites for hydroxylation is 2. The van der Waals surface area contributed by atoms with Crippen molar-refractivity contribution in [1.82, 2.24) is 15.0 Å². The van der Waals surface area contributed by atoms with Gasteiger partial charge in [-0.05, 0) is 42.7 Å². The molecule has 0 spiro atoms. The van der Waals surface area contributed by atoms with Crippen molar-refractivity contribution in [3.63, 3.8) is 0 Å². The minimum atomic E-state index is -0.128. The van der Waals surface area contributed by atoms with E-state index in [2.05, 4.69) is 30.0 Å². The zero-order valence-electron chi connectivity index (χ0n) is 19.7. The molecule has 1 saturated heterocycles. The first kappa shape index (κ1) is 22.8. The Bertz CT molecular complexity index is 1170. The van der Waals surface area contributed by atoms with E-state index < -0.39 is 0 Å². The Labute approximate surface area is 194 Å². The fraction of sp³-hybridized carbons (Fsp3) is 0.423. The standard InChI is InChI=1S/C26H30N4O3/c1-17(2)24(15-27)29-9-11-30(12-10-29)26(31)22-13-20-7-5-6-8-21(20)14-25(22)32-16-23-18(3)28-33-19(23)4/h5-8,13-14,17,24H,9-12,16H2,1-4H3. The van der Waals surface area contributed by atoms with Crippen molar-refractivity contribution in [2.24, 2.45) is 5.92 Å². The summed E-state index contributed by atoms with van der Waals surface area (Å²) in [4.78, 5) is 17.6. The number of ether oxygens (including phenoxy) is 1. The van der Waals surface area contributed by atoms with Crippen LogP contribution in [0.3, 0.4) is 0 Å². The van der Waals surface area contributed by atoms with Crippen molar-refractivity contribution in [1.29, 1.82) is 5.26 Å². The fourth-order valence-corrected chi connectivity index (χ4v) is 4.39. The van der Waals surface area contributed by atoms with Gasteiger partial charge in [0.1, 0.15) is 24.2 Å². The summed E-state index contributed by atoms with van der Waals surface area (Å²) in [5.74, 6) is 1.47. The van der Waals surface area contributed by atoms with E-state index in [0.29, 0.717) is 37.5 Å². The van der Waals surface area contributed by atoms with Crippen LogP contribution >= 0.6 is 0 Å². The smallest absolute Gasteiger partial charge is 0.257 e. The number of hydrogen-bond donors (Lipinski definition) is 0. The van der Waals surface area contributed by atoms with Crippen LogP contribution in [0.1, 0.15) is 41.2 Å². The Morgan fingerprint density at radius 1 is 1.15 bits per heavy atom. The van der Waals surface area contributed by atoms with Gasteiger partial charge in [-0.3, -0.25) is 9.69 Å². The third-order valence-electron chi connectivity index (χ3n) is 6.39. The van der Waals surface area contributed by atoms with Crippen LogP contribution in [0.2, 0.25) is 0 Å². The molecule has 3 aromatic rings. The molecule has 1 fully saturated rings. The van der Waals surface area contributed by atoms with E-state index in [4.69, 9.17) is 9.26 Å². The maximum Gasteiger partial charge on any atom is 0.257 e. The second-order valence-electron chi connectivity index (χ2n) is 8.93. The number of benzene rings is 2. The summed E-state index contributed by atoms with van der Waals surface area (Å²) in [5.41, 5.74) is 2.23. The van der Waals surface area contributed by atoms with Crippen LogP contribution in [0.15, 0.2) is 40.9 Å². The maximum absolute atomic E-state index is 13.6. The van der Waals surface area contributed by atoms with E-state index in [0.717, 1.165) is 27.8 Å². The van der Waals surface area contributed by atoms with Gasteiger partial charge in [0.25, 0.3) is 5.91 Å². The minimum Gasteiger partial charge on any atom is -0.488 e. The molecule has 7 heteroatoms. The van der Waals surface area contributed by atoms with Gasteiger partial charge in [-0.1, -0.05) is 43.3 Å². The van der Waals surface area contributed by atoms with E-state index in [1.54, 1.807) is 0 Å². The number of nitrogens with zero attached hydrogens (tertiary/aromatic N) is 4. The molecule has 33 heavy (non-hydrogen) atoms. The number of amides is 1. The molecular formula is C26H30N4O3. The van der Waals surface area contributed by atoms with E-state index in [1.165, 1.54) is 0 Å². The zero-order chi connectivity index (χ0) is 23.5. The molecule has 1 aromatic heterocycles. The lowest BCUT2D eigenvalue weighted by Gasteiger charge is -2.38. The summed E-state index contributed by atoms with van der Waals surface area (Å²) < 4.78 is 11.4. The molecule has 1 aliphatic heterocycles. The molecule has 7 nitrogen and oxygen atoms in total. The van der Waals surface area contributed by atoms with Crippen LogP contribution in [-0.4, -0.2) is 53.1 Å². The van der Waals surface area contributed by atoms with Crippen molar-refractivity contribution in [2.45, 2.75) is 40.3 Å². The summed E-state index contributed by atoms with van der Waals surface area (Å²) in [5, 5.41) is 15.5. The van der Waals surface area contributed by atoms with Crippen LogP contribution in [0.5, 0.6) is 5.75 Å². The second kappa shape index (κ2) is 9.63. The summed E-state index contributed by atoms with van der Waals surface area (Å²) >= 11 is 0. The third kappa shape index (κ3) is 4.71. The molecule has 2 aromatic carbocycles. The van der Waals surface area contributed by atoms with Gasteiger partial charge in [0.05, 0.1) is 22.9 Å². The van der Waals surface area contributed by atoms with Gasteiger partial charge in [-0.25, -0.2) is 0 Å². The van der Waals surface area contributed by atoms with Crippen LogP contribution < -0.4 is 4.74 Å². The Kier molecular flexibility index (Phi) is 6.66. The molecule has 1 atom stereocenters. The fourth-order valence-electron chi connectivity index (χ4n) is 4.39. The number of hydrogen-bond acceptors (Lipinski definition) is 6. The molecule has 2 heterocycles. The highest BCUT2D eigenvalue weighted by Crippen LogP contribution is 2.29. The van der Waals surface area contributed by atoms with E-state index in [9.17, 15) is 10.1 Å². The van der Waals surface area contributed by atoms with Gasteiger partial charge in [0.2, 0.25) is 0 Å². The summed E-state index contributed by atoms with van der Waals surface area (Å²) in [6.45, 7) is 10.7. The first-order valence-corrected chi connectivity index (χ1v) is 11.4. The lowest BCUT2D eigenvalue weighted by Crippen LogP contribution is -2.52. The number of aromatic nitrogens is 1. The SMILES string of the molecule is Cc1noc(C)c1COc1cc2ccccc2cc1C(=O)N1CCN(C(C#N)C(C)C)CC1. The molecule has 1 amide bonds.